The fraction of sp³-hybridized carbons (Fsp3) is 0.222. The van der Waals surface area contributed by atoms with Crippen LogP contribution in [0.4, 0.5) is 0 Å². The normalized spacial score (nSPS) is 21.9. The van der Waals surface area contributed by atoms with Gasteiger partial charge in [-0.15, -0.1) is 0 Å². The van der Waals surface area contributed by atoms with Crippen LogP contribution in [-0.4, -0.2) is 46.1 Å². The maximum atomic E-state index is 12.9. The average Bonchev–Trinajstić information content (AvgIpc) is 2.98. The number of fused-ring (bicyclic) bond motifs is 2. The van der Waals surface area contributed by atoms with Crippen molar-refractivity contribution in [3.8, 4) is 0 Å². The van der Waals surface area contributed by atoms with Gasteiger partial charge in [0.2, 0.25) is 9.84 Å². The summed E-state index contributed by atoms with van der Waals surface area (Å²) in [5.41, 5.74) is 0.195. The Balaban J connectivity index is 1.71. The summed E-state index contributed by atoms with van der Waals surface area (Å²) in [7, 11) is -7.09. The Kier molecular flexibility index (Phi) is 3.97. The highest BCUT2D eigenvalue weighted by Gasteiger charge is 2.35. The van der Waals surface area contributed by atoms with E-state index in [1.165, 1.54) is 36.4 Å². The number of carbonyl (C=O) groups excluding carboxylic acids is 2. The molecule has 1 amide bonds. The number of sulfone groups is 2. The van der Waals surface area contributed by atoms with Crippen molar-refractivity contribution >= 4 is 31.4 Å². The van der Waals surface area contributed by atoms with Crippen LogP contribution in [0.3, 0.4) is 0 Å². The Bertz CT molecular complexity index is 1200. The summed E-state index contributed by atoms with van der Waals surface area (Å²) < 4.78 is 48.8. The van der Waals surface area contributed by atoms with Crippen LogP contribution in [0.5, 0.6) is 0 Å². The van der Waals surface area contributed by atoms with Gasteiger partial charge in [0, 0.05) is 22.7 Å². The van der Waals surface area contributed by atoms with Crippen molar-refractivity contribution in [3.63, 3.8) is 0 Å². The van der Waals surface area contributed by atoms with E-state index in [4.69, 9.17) is 0 Å². The fourth-order valence-electron chi connectivity index (χ4n) is 3.40. The lowest BCUT2D eigenvalue weighted by Gasteiger charge is -2.19. The molecule has 7 nitrogen and oxygen atoms in total. The highest BCUT2D eigenvalue weighted by atomic mass is 32.2. The third kappa shape index (κ3) is 2.96. The van der Waals surface area contributed by atoms with Crippen LogP contribution in [0.2, 0.25) is 0 Å². The Morgan fingerprint density at radius 2 is 1.67 bits per heavy atom. The average molecular weight is 405 g/mol. The van der Waals surface area contributed by atoms with E-state index in [0.717, 1.165) is 0 Å². The minimum absolute atomic E-state index is 0.0157. The van der Waals surface area contributed by atoms with E-state index in [0.29, 0.717) is 6.42 Å². The van der Waals surface area contributed by atoms with E-state index in [2.05, 4.69) is 5.32 Å². The first kappa shape index (κ1) is 17.9. The molecule has 2 aliphatic heterocycles. The summed E-state index contributed by atoms with van der Waals surface area (Å²) in [6.07, 6.45) is 0.323. The standard InChI is InChI=1S/C18H15NO6S2/c20-17-13-3-1-2-4-15(13)27(24,25)16-9-11(5-6-14(16)17)18(21)19-12-7-8-26(22,23)10-12/h1-6,9,12H,7-8,10H2,(H,19,21)/t12-/m0/s1. The predicted octanol–water partition coefficient (Wildman–Crippen LogP) is 0.981. The first-order valence-corrected chi connectivity index (χ1v) is 11.5. The summed E-state index contributed by atoms with van der Waals surface area (Å²) in [4.78, 5) is 24.8. The van der Waals surface area contributed by atoms with Crippen molar-refractivity contribution < 1.29 is 26.4 Å². The molecule has 9 heteroatoms. The van der Waals surface area contributed by atoms with Gasteiger partial charge >= 0.3 is 0 Å². The molecule has 1 fully saturated rings. The number of nitrogens with one attached hydrogen (secondary N) is 1. The van der Waals surface area contributed by atoms with Gasteiger partial charge in [0.05, 0.1) is 21.3 Å². The summed E-state index contributed by atoms with van der Waals surface area (Å²) >= 11 is 0. The molecule has 0 radical (unpaired) electrons. The molecule has 2 aromatic carbocycles. The maximum absolute atomic E-state index is 12.9. The van der Waals surface area contributed by atoms with Crippen molar-refractivity contribution in [2.45, 2.75) is 22.3 Å². The lowest BCUT2D eigenvalue weighted by atomic mass is 10.0. The molecule has 0 unspecified atom stereocenters. The number of carbonyl (C=O) groups is 2. The van der Waals surface area contributed by atoms with Crippen LogP contribution in [0, 0.1) is 0 Å². The van der Waals surface area contributed by atoms with Crippen molar-refractivity contribution in [3.05, 3.63) is 59.2 Å². The van der Waals surface area contributed by atoms with Crippen LogP contribution in [0.25, 0.3) is 0 Å². The molecule has 1 saturated heterocycles. The van der Waals surface area contributed by atoms with Gasteiger partial charge in [0.1, 0.15) is 0 Å². The molecule has 2 aromatic rings. The molecule has 2 aliphatic rings. The molecular weight excluding hydrogens is 390 g/mol. The first-order chi connectivity index (χ1) is 12.7. The van der Waals surface area contributed by atoms with E-state index in [9.17, 15) is 26.4 Å². The maximum Gasteiger partial charge on any atom is 0.251 e. The van der Waals surface area contributed by atoms with E-state index in [-0.39, 0.29) is 38.0 Å². The van der Waals surface area contributed by atoms with Gasteiger partial charge in [-0.3, -0.25) is 9.59 Å². The van der Waals surface area contributed by atoms with Gasteiger partial charge in [-0.1, -0.05) is 12.1 Å². The summed E-state index contributed by atoms with van der Waals surface area (Å²) in [6.45, 7) is 0. The second-order valence-electron chi connectivity index (χ2n) is 6.61. The first-order valence-electron chi connectivity index (χ1n) is 8.23. The third-order valence-corrected chi connectivity index (χ3v) is 8.39. The zero-order valence-electron chi connectivity index (χ0n) is 14.0. The van der Waals surface area contributed by atoms with Gasteiger partial charge in [-0.2, -0.15) is 0 Å². The number of benzene rings is 2. The van der Waals surface area contributed by atoms with E-state index >= 15 is 0 Å². The molecule has 1 N–H and O–H groups in total. The van der Waals surface area contributed by atoms with Crippen LogP contribution < -0.4 is 5.32 Å². The monoisotopic (exact) mass is 405 g/mol. The molecule has 0 aliphatic carbocycles. The molecule has 0 saturated carbocycles. The van der Waals surface area contributed by atoms with E-state index < -0.39 is 37.4 Å². The third-order valence-electron chi connectivity index (χ3n) is 4.77. The molecule has 140 valence electrons. The zero-order valence-corrected chi connectivity index (χ0v) is 15.6. The minimum atomic E-state index is -3.93. The predicted molar refractivity (Wildman–Crippen MR) is 96.3 cm³/mol. The SMILES string of the molecule is O=C(N[C@H]1CCS(=O)(=O)C1)c1ccc2c(c1)S(=O)(=O)c1ccccc1C2=O. The smallest absolute Gasteiger partial charge is 0.251 e. The molecule has 4 rings (SSSR count). The van der Waals surface area contributed by atoms with Crippen molar-refractivity contribution in [1.82, 2.24) is 5.32 Å². The molecule has 0 aromatic heterocycles. The number of amides is 1. The van der Waals surface area contributed by atoms with Gasteiger partial charge in [-0.05, 0) is 36.8 Å². The molecule has 27 heavy (non-hydrogen) atoms. The minimum Gasteiger partial charge on any atom is -0.348 e. The quantitative estimate of drug-likeness (QED) is 0.680. The summed E-state index contributed by atoms with van der Waals surface area (Å²) in [5.74, 6) is -1.10. The van der Waals surface area contributed by atoms with Gasteiger partial charge in [0.25, 0.3) is 5.91 Å². The highest BCUT2D eigenvalue weighted by Crippen LogP contribution is 2.34. The second-order valence-corrected chi connectivity index (χ2v) is 10.7. The Labute approximate surface area is 156 Å². The molecule has 2 heterocycles. The number of hydrogen-bond donors (Lipinski definition) is 1. The Hall–Kier alpha value is -2.52. The molecule has 0 bridgehead atoms. The highest BCUT2D eigenvalue weighted by molar-refractivity contribution is 7.92. The topological polar surface area (TPSA) is 114 Å². The van der Waals surface area contributed by atoms with Crippen LogP contribution in [-0.2, 0) is 19.7 Å². The molecule has 1 atom stereocenters. The van der Waals surface area contributed by atoms with E-state index in [1.807, 2.05) is 0 Å². The molecule has 0 spiro atoms. The zero-order chi connectivity index (χ0) is 19.4. The number of ketones is 1. The van der Waals surface area contributed by atoms with Crippen molar-refractivity contribution in [2.24, 2.45) is 0 Å². The van der Waals surface area contributed by atoms with Crippen LogP contribution in [0.15, 0.2) is 52.3 Å². The second kappa shape index (κ2) is 6.00. The van der Waals surface area contributed by atoms with E-state index in [1.54, 1.807) is 6.07 Å². The van der Waals surface area contributed by atoms with Crippen molar-refractivity contribution in [1.29, 1.82) is 0 Å². The number of hydrogen-bond acceptors (Lipinski definition) is 6. The van der Waals surface area contributed by atoms with Crippen molar-refractivity contribution in [2.75, 3.05) is 11.5 Å². The van der Waals surface area contributed by atoms with Gasteiger partial charge in [0.15, 0.2) is 15.6 Å². The molecular formula is C18H15NO6S2. The Morgan fingerprint density at radius 1 is 0.963 bits per heavy atom. The van der Waals surface area contributed by atoms with Gasteiger partial charge < -0.3 is 5.32 Å². The number of rotatable bonds is 2. The van der Waals surface area contributed by atoms with Gasteiger partial charge in [-0.25, -0.2) is 16.8 Å². The lowest BCUT2D eigenvalue weighted by Crippen LogP contribution is -2.35. The largest absolute Gasteiger partial charge is 0.348 e. The van der Waals surface area contributed by atoms with Crippen LogP contribution in [0.1, 0.15) is 32.7 Å². The Morgan fingerprint density at radius 3 is 2.37 bits per heavy atom. The lowest BCUT2D eigenvalue weighted by molar-refractivity contribution is 0.0939. The van der Waals surface area contributed by atoms with Crippen LogP contribution >= 0.6 is 0 Å². The summed E-state index contributed by atoms with van der Waals surface area (Å²) in [5, 5.41) is 2.62. The fourth-order valence-corrected chi connectivity index (χ4v) is 6.75. The summed E-state index contributed by atoms with van der Waals surface area (Å²) in [6, 6.07) is 9.32.